The van der Waals surface area contributed by atoms with Crippen molar-refractivity contribution in [2.24, 2.45) is 5.11 Å². The van der Waals surface area contributed by atoms with E-state index in [0.29, 0.717) is 4.57 Å². The summed E-state index contributed by atoms with van der Waals surface area (Å²) in [6.07, 6.45) is -18.7. The van der Waals surface area contributed by atoms with E-state index in [1.54, 1.807) is 0 Å². The number of phosphoric ester groups is 2. The number of ether oxygens (including phenoxy) is 6. The highest BCUT2D eigenvalue weighted by atomic mass is 31.3. The standard InChI is InChI=1S/C25H31F3N6O20P2/c1-10(35)46-8-15-20(48-11(2)36)21(49-12(3)37)19(31-17(39)7-30-33-29)22(51-15)53-56(44,45)54-55(42,43)47-9-14-13(52-23(40)25(26,27)28)6-18(50-14)34-5-4-16(38)32-24(34)41/h4-5,13-15,18-22H,6-9H2,1-3H3,(H,31,39)(H,42,43)(H,44,45)(H,32,38,41)/t13-,14-,15?,18-,19?,20+,21-,22-/m1/s1. The number of nitrogens with zero attached hydrogens (tertiary/aromatic N) is 4. The molecule has 26 nitrogen and oxygen atoms in total. The third-order valence-corrected chi connectivity index (χ3v) is 9.58. The molecule has 3 heterocycles. The Bertz CT molecular complexity index is 1920. The van der Waals surface area contributed by atoms with Crippen LogP contribution in [0.5, 0.6) is 0 Å². The topological polar surface area (TPSA) is 359 Å². The fourth-order valence-electron chi connectivity index (χ4n) is 4.95. The smallest absolute Gasteiger partial charge is 0.463 e. The Morgan fingerprint density at radius 1 is 1.00 bits per heavy atom. The maximum Gasteiger partial charge on any atom is 0.490 e. The second kappa shape index (κ2) is 19.0. The predicted molar refractivity (Wildman–Crippen MR) is 166 cm³/mol. The Kier molecular flexibility index (Phi) is 15.5. The molecule has 31 heteroatoms. The average Bonchev–Trinajstić information content (AvgIpc) is 3.45. The summed E-state index contributed by atoms with van der Waals surface area (Å²) >= 11 is 0. The number of aromatic amines is 1. The van der Waals surface area contributed by atoms with Crippen molar-refractivity contribution in [1.82, 2.24) is 14.9 Å². The van der Waals surface area contributed by atoms with Gasteiger partial charge in [0.2, 0.25) is 5.91 Å². The van der Waals surface area contributed by atoms with Crippen molar-refractivity contribution in [3.63, 3.8) is 0 Å². The minimum Gasteiger partial charge on any atom is -0.463 e. The number of halogens is 3. The van der Waals surface area contributed by atoms with E-state index in [9.17, 15) is 65.6 Å². The molecule has 0 aliphatic carbocycles. The molecular formula is C25H31F3N6O20P2. The number of amides is 1. The largest absolute Gasteiger partial charge is 0.490 e. The van der Waals surface area contributed by atoms with Crippen molar-refractivity contribution in [3.05, 3.63) is 43.5 Å². The molecule has 312 valence electrons. The van der Waals surface area contributed by atoms with Crippen molar-refractivity contribution >= 4 is 45.4 Å². The van der Waals surface area contributed by atoms with Crippen LogP contribution in [0, 0.1) is 0 Å². The van der Waals surface area contributed by atoms with E-state index in [0.717, 1.165) is 33.0 Å². The van der Waals surface area contributed by atoms with Crippen LogP contribution >= 0.6 is 15.6 Å². The van der Waals surface area contributed by atoms with Gasteiger partial charge in [0.1, 0.15) is 43.7 Å². The zero-order valence-corrected chi connectivity index (χ0v) is 30.5. The van der Waals surface area contributed by atoms with Gasteiger partial charge >= 0.3 is 51.4 Å². The second-order valence-electron chi connectivity index (χ2n) is 11.2. The third kappa shape index (κ3) is 13.5. The minimum atomic E-state index is -6.06. The monoisotopic (exact) mass is 854 g/mol. The lowest BCUT2D eigenvalue weighted by Crippen LogP contribution is -2.66. The fraction of sp³-hybridized carbons (Fsp3) is 0.640. The van der Waals surface area contributed by atoms with E-state index in [1.165, 1.54) is 0 Å². The fourth-order valence-corrected chi connectivity index (χ4v) is 7.11. The molecule has 0 radical (unpaired) electrons. The molecular weight excluding hydrogens is 823 g/mol. The lowest BCUT2D eigenvalue weighted by atomic mass is 9.96. The van der Waals surface area contributed by atoms with Crippen molar-refractivity contribution in [1.29, 1.82) is 0 Å². The van der Waals surface area contributed by atoms with Crippen molar-refractivity contribution in [2.45, 2.75) is 82.4 Å². The van der Waals surface area contributed by atoms with Crippen LogP contribution in [0.3, 0.4) is 0 Å². The van der Waals surface area contributed by atoms with Crippen LogP contribution in [0.1, 0.15) is 33.4 Å². The first-order valence-corrected chi connectivity index (χ1v) is 18.3. The maximum atomic E-state index is 13.1. The molecule has 3 rings (SSSR count). The van der Waals surface area contributed by atoms with Crippen LogP contribution in [0.2, 0.25) is 0 Å². The Balaban J connectivity index is 1.89. The van der Waals surface area contributed by atoms with Gasteiger partial charge in [-0.1, -0.05) is 5.11 Å². The third-order valence-electron chi connectivity index (χ3n) is 6.98. The number of H-pyrrole nitrogens is 1. The quantitative estimate of drug-likeness (QED) is 0.0406. The second-order valence-corrected chi connectivity index (χ2v) is 14.2. The molecule has 2 aliphatic rings. The molecule has 0 spiro atoms. The van der Waals surface area contributed by atoms with Crippen LogP contribution in [0.25, 0.3) is 10.4 Å². The summed E-state index contributed by atoms with van der Waals surface area (Å²) in [5.74, 6) is -7.03. The summed E-state index contributed by atoms with van der Waals surface area (Å²) in [6.45, 7) is -0.455. The molecule has 10 atom stereocenters. The highest BCUT2D eigenvalue weighted by Gasteiger charge is 2.54. The molecule has 56 heavy (non-hydrogen) atoms. The number of aromatic nitrogens is 2. The van der Waals surface area contributed by atoms with Crippen molar-refractivity contribution in [2.75, 3.05) is 19.8 Å². The number of esters is 4. The number of phosphoric acid groups is 2. The average molecular weight is 854 g/mol. The molecule has 4 unspecified atom stereocenters. The van der Waals surface area contributed by atoms with Gasteiger partial charge in [0.15, 0.2) is 18.5 Å². The predicted octanol–water partition coefficient (Wildman–Crippen LogP) is -0.505. The lowest BCUT2D eigenvalue weighted by Gasteiger charge is -2.44. The van der Waals surface area contributed by atoms with Crippen LogP contribution < -0.4 is 16.6 Å². The van der Waals surface area contributed by atoms with Gasteiger partial charge in [0.25, 0.3) is 5.56 Å². The number of rotatable bonds is 16. The van der Waals surface area contributed by atoms with E-state index in [2.05, 4.69) is 28.9 Å². The first kappa shape index (κ1) is 45.7. The van der Waals surface area contributed by atoms with Gasteiger partial charge in [-0.25, -0.2) is 18.7 Å². The molecule has 0 bridgehead atoms. The summed E-state index contributed by atoms with van der Waals surface area (Å²) in [5, 5.41) is 5.10. The number of hydrogen-bond acceptors (Lipinski definition) is 19. The van der Waals surface area contributed by atoms with E-state index in [1.807, 2.05) is 4.98 Å². The van der Waals surface area contributed by atoms with Crippen molar-refractivity contribution in [3.8, 4) is 0 Å². The zero-order chi connectivity index (χ0) is 42.2. The van der Waals surface area contributed by atoms with Crippen LogP contribution in [0.4, 0.5) is 13.2 Å². The molecule has 2 saturated heterocycles. The summed E-state index contributed by atoms with van der Waals surface area (Å²) in [5.41, 5.74) is 6.59. The first-order valence-electron chi connectivity index (χ1n) is 15.3. The van der Waals surface area contributed by atoms with Gasteiger partial charge in [-0.3, -0.25) is 42.6 Å². The van der Waals surface area contributed by atoms with E-state index in [-0.39, 0.29) is 0 Å². The Morgan fingerprint density at radius 3 is 2.21 bits per heavy atom. The van der Waals surface area contributed by atoms with E-state index >= 15 is 0 Å². The lowest BCUT2D eigenvalue weighted by molar-refractivity contribution is -0.259. The molecule has 0 saturated carbocycles. The van der Waals surface area contributed by atoms with Gasteiger partial charge in [-0.15, -0.1) is 0 Å². The zero-order valence-electron chi connectivity index (χ0n) is 28.7. The summed E-state index contributed by atoms with van der Waals surface area (Å²) in [4.78, 5) is 109. The molecule has 2 fully saturated rings. The highest BCUT2D eigenvalue weighted by molar-refractivity contribution is 7.61. The van der Waals surface area contributed by atoms with Gasteiger partial charge in [-0.2, -0.15) is 17.5 Å². The van der Waals surface area contributed by atoms with Gasteiger partial charge in [0, 0.05) is 44.4 Å². The van der Waals surface area contributed by atoms with Gasteiger partial charge in [-0.05, 0) is 5.53 Å². The number of carbonyl (C=O) groups excluding carboxylic acids is 5. The van der Waals surface area contributed by atoms with Gasteiger partial charge < -0.3 is 43.5 Å². The van der Waals surface area contributed by atoms with Gasteiger partial charge in [0.05, 0.1) is 6.61 Å². The molecule has 2 aliphatic heterocycles. The maximum absolute atomic E-state index is 13.1. The minimum absolute atomic E-state index is 0.663. The SMILES string of the molecule is CC(=O)OCC1O[C@H](OP(=O)(O)OP(=O)(O)OC[C@H]2O[C@@H](n3ccc(=O)[nH]c3=O)C[C@H]2OC(=O)C(F)(F)F)C(NC(=O)CN=[N+]=[N-])[C@@H](OC(C)=O)[C@H]1OC(C)=O. The van der Waals surface area contributed by atoms with Crippen LogP contribution in [0.15, 0.2) is 27.0 Å². The molecule has 1 aromatic rings. The van der Waals surface area contributed by atoms with Crippen LogP contribution in [-0.2, 0) is 74.9 Å². The van der Waals surface area contributed by atoms with E-state index in [4.69, 9.17) is 33.7 Å². The Hall–Kier alpha value is -4.69. The first-order chi connectivity index (χ1) is 25.9. The number of carbonyl (C=O) groups is 5. The summed E-state index contributed by atoms with van der Waals surface area (Å²) in [6, 6.07) is -1.19. The molecule has 4 N–H and O–H groups in total. The molecule has 1 aromatic heterocycles. The summed E-state index contributed by atoms with van der Waals surface area (Å²) < 4.78 is 110. The number of nitrogens with one attached hydrogen (secondary N) is 2. The van der Waals surface area contributed by atoms with Crippen LogP contribution in [-0.4, -0.2) is 118 Å². The Morgan fingerprint density at radius 2 is 1.64 bits per heavy atom. The highest BCUT2D eigenvalue weighted by Crippen LogP contribution is 2.61. The molecule has 1 amide bonds. The number of hydrogen-bond donors (Lipinski definition) is 4. The van der Waals surface area contributed by atoms with Crippen molar-refractivity contribution < 1.29 is 97.8 Å². The molecule has 0 aromatic carbocycles. The van der Waals surface area contributed by atoms with E-state index < -0.39 is 138 Å². The number of alkyl halides is 3. The Labute approximate surface area is 309 Å². The summed E-state index contributed by atoms with van der Waals surface area (Å²) in [7, 11) is -12.0. The normalized spacial score (nSPS) is 27.0. The number of azide groups is 1.